The summed E-state index contributed by atoms with van der Waals surface area (Å²) in [5.41, 5.74) is 6.26. The first kappa shape index (κ1) is 26.3. The Kier molecular flexibility index (Phi) is 8.98. The maximum atomic E-state index is 13.0. The van der Waals surface area contributed by atoms with Crippen LogP contribution in [0, 0.1) is 6.92 Å². The number of carboxylic acid groups (broad SMARTS) is 1. The number of methoxy groups -OCH3 is 1. The summed E-state index contributed by atoms with van der Waals surface area (Å²) in [5, 5.41) is 35.5. The van der Waals surface area contributed by atoms with Gasteiger partial charge in [-0.1, -0.05) is 11.6 Å². The van der Waals surface area contributed by atoms with E-state index in [0.717, 1.165) is 0 Å². The number of carboxylic acids is 1. The Hall–Kier alpha value is -2.95. The van der Waals surface area contributed by atoms with Gasteiger partial charge in [-0.3, -0.25) is 14.2 Å². The molecule has 178 valence electrons. The lowest BCUT2D eigenvalue weighted by Crippen LogP contribution is -2.50. The molecule has 0 amide bonds. The highest BCUT2D eigenvalue weighted by Gasteiger charge is 2.22. The van der Waals surface area contributed by atoms with Crippen LogP contribution in [0.4, 0.5) is 0 Å². The Morgan fingerprint density at radius 1 is 1.06 bits per heavy atom. The molecule has 6 N–H and O–H groups in total. The van der Waals surface area contributed by atoms with Gasteiger partial charge in [0.15, 0.2) is 0 Å². The van der Waals surface area contributed by atoms with E-state index >= 15 is 0 Å². The first-order valence-corrected chi connectivity index (χ1v) is 10.3. The minimum atomic E-state index is -1.21. The number of aliphatic hydroxyl groups is 3. The molecule has 2 aromatic carbocycles. The summed E-state index contributed by atoms with van der Waals surface area (Å²) >= 11 is 5.89. The molecule has 0 unspecified atom stereocenters. The van der Waals surface area contributed by atoms with E-state index in [0.29, 0.717) is 38.5 Å². The van der Waals surface area contributed by atoms with Crippen molar-refractivity contribution in [1.82, 2.24) is 4.57 Å². The Labute approximate surface area is 195 Å². The molecule has 10 heteroatoms. The molecule has 0 aliphatic carbocycles. The maximum absolute atomic E-state index is 13.0. The minimum absolute atomic E-state index is 0.170. The van der Waals surface area contributed by atoms with Gasteiger partial charge in [0.1, 0.15) is 5.75 Å². The Balaban J connectivity index is 0.000000414. The summed E-state index contributed by atoms with van der Waals surface area (Å²) in [6.45, 7) is 0.540. The second kappa shape index (κ2) is 11.3. The summed E-state index contributed by atoms with van der Waals surface area (Å²) in [4.78, 5) is 24.3. The molecule has 0 spiro atoms. The van der Waals surface area contributed by atoms with Crippen molar-refractivity contribution >= 4 is 34.4 Å². The fourth-order valence-corrected chi connectivity index (χ4v) is 3.22. The molecule has 0 saturated carbocycles. The van der Waals surface area contributed by atoms with Crippen LogP contribution >= 0.6 is 11.6 Å². The topological polar surface area (TPSA) is 155 Å². The number of nitrogens with two attached hydrogens (primary N) is 1. The van der Waals surface area contributed by atoms with E-state index in [1.807, 2.05) is 0 Å². The molecule has 3 rings (SSSR count). The van der Waals surface area contributed by atoms with Crippen LogP contribution < -0.4 is 10.5 Å². The van der Waals surface area contributed by atoms with E-state index in [2.05, 4.69) is 0 Å². The minimum Gasteiger partial charge on any atom is -0.497 e. The molecule has 0 aliphatic heterocycles. The highest BCUT2D eigenvalue weighted by atomic mass is 35.5. The second-order valence-corrected chi connectivity index (χ2v) is 7.94. The van der Waals surface area contributed by atoms with E-state index in [9.17, 15) is 14.7 Å². The van der Waals surface area contributed by atoms with E-state index in [-0.39, 0.29) is 12.3 Å². The fraction of sp³-hybridized carbons (Fsp3) is 0.304. The van der Waals surface area contributed by atoms with Crippen molar-refractivity contribution in [1.29, 1.82) is 0 Å². The monoisotopic (exact) mass is 478 g/mol. The van der Waals surface area contributed by atoms with Crippen LogP contribution in [0.3, 0.4) is 0 Å². The number of nitrogens with zero attached hydrogens (tertiary/aromatic N) is 1. The number of hydrogen-bond acceptors (Lipinski definition) is 7. The molecule has 0 atom stereocenters. The third-order valence-electron chi connectivity index (χ3n) is 5.11. The third kappa shape index (κ3) is 6.10. The average molecular weight is 479 g/mol. The molecule has 0 saturated heterocycles. The van der Waals surface area contributed by atoms with Gasteiger partial charge in [0.25, 0.3) is 5.91 Å². The molecule has 1 aromatic heterocycles. The Morgan fingerprint density at radius 3 is 2.09 bits per heavy atom. The first-order chi connectivity index (χ1) is 15.6. The molecule has 0 radical (unpaired) electrons. The van der Waals surface area contributed by atoms with Crippen LogP contribution in [0.2, 0.25) is 5.02 Å². The number of aliphatic carboxylic acids is 1. The number of fused-ring (bicyclic) bond motifs is 1. The third-order valence-corrected chi connectivity index (χ3v) is 5.36. The summed E-state index contributed by atoms with van der Waals surface area (Å²) in [5.74, 6) is -0.583. The van der Waals surface area contributed by atoms with E-state index in [1.54, 1.807) is 56.5 Å². The molecular formula is C23H27ClN2O7. The summed E-state index contributed by atoms with van der Waals surface area (Å²) < 4.78 is 6.77. The lowest BCUT2D eigenvalue weighted by atomic mass is 10.1. The fourth-order valence-electron chi connectivity index (χ4n) is 3.10. The van der Waals surface area contributed by atoms with Gasteiger partial charge >= 0.3 is 5.97 Å². The number of carbonyl (C=O) groups excluding carboxylic acids is 1. The van der Waals surface area contributed by atoms with Crippen LogP contribution in [0.15, 0.2) is 42.5 Å². The molecular weight excluding hydrogens is 452 g/mol. The highest BCUT2D eigenvalue weighted by molar-refractivity contribution is 6.30. The predicted octanol–water partition coefficient (Wildman–Crippen LogP) is 1.59. The van der Waals surface area contributed by atoms with Gasteiger partial charge in [-0.2, -0.15) is 0 Å². The van der Waals surface area contributed by atoms with Crippen molar-refractivity contribution in [3.05, 3.63) is 64.3 Å². The Morgan fingerprint density at radius 2 is 1.64 bits per heavy atom. The van der Waals surface area contributed by atoms with E-state index < -0.39 is 31.3 Å². The summed E-state index contributed by atoms with van der Waals surface area (Å²) in [6.07, 6.45) is -0.170. The maximum Gasteiger partial charge on any atom is 0.307 e. The number of benzene rings is 2. The zero-order chi connectivity index (χ0) is 24.8. The molecule has 0 bridgehead atoms. The largest absolute Gasteiger partial charge is 0.497 e. The number of carbonyl (C=O) groups is 2. The number of aromatic nitrogens is 1. The van der Waals surface area contributed by atoms with Crippen LogP contribution in [0.5, 0.6) is 5.75 Å². The second-order valence-electron chi connectivity index (χ2n) is 7.50. The number of halogens is 1. The van der Waals surface area contributed by atoms with Gasteiger partial charge in [-0.25, -0.2) is 0 Å². The zero-order valence-electron chi connectivity index (χ0n) is 18.3. The highest BCUT2D eigenvalue weighted by Crippen LogP contribution is 2.30. The predicted molar refractivity (Wildman–Crippen MR) is 124 cm³/mol. The van der Waals surface area contributed by atoms with Crippen molar-refractivity contribution in [2.45, 2.75) is 18.9 Å². The number of ether oxygens (including phenoxy) is 1. The standard InChI is InChI=1S/C19H16ClNO4.C4H11NO3/c1-11-15(10-18(22)23)16-9-14(25-2)7-8-17(16)21(11)19(24)12-3-5-13(20)6-4-12;5-4(1-6,2-7)3-8/h3-9H,10H2,1-2H3,(H,22,23);6-8H,1-3,5H2. The Bertz CT molecular complexity index is 1110. The number of aliphatic hydroxyl groups excluding tert-OH is 3. The van der Waals surface area contributed by atoms with Crippen LogP contribution in [0.1, 0.15) is 21.6 Å². The van der Waals surface area contributed by atoms with Crippen LogP contribution in [-0.4, -0.2) is 69.3 Å². The van der Waals surface area contributed by atoms with Gasteiger partial charge < -0.3 is 30.9 Å². The summed E-state index contributed by atoms with van der Waals surface area (Å²) in [7, 11) is 1.54. The van der Waals surface area contributed by atoms with E-state index in [1.165, 1.54) is 4.57 Å². The molecule has 1 heterocycles. The normalized spacial score (nSPS) is 11.1. The zero-order valence-corrected chi connectivity index (χ0v) is 19.0. The van der Waals surface area contributed by atoms with Gasteiger partial charge in [0.05, 0.1) is 44.4 Å². The molecule has 33 heavy (non-hydrogen) atoms. The van der Waals surface area contributed by atoms with Crippen molar-refractivity contribution in [3.63, 3.8) is 0 Å². The molecule has 0 fully saturated rings. The van der Waals surface area contributed by atoms with Crippen molar-refractivity contribution in [2.24, 2.45) is 5.73 Å². The van der Waals surface area contributed by atoms with Gasteiger partial charge in [-0.05, 0) is 55.0 Å². The first-order valence-electron chi connectivity index (χ1n) is 9.92. The van der Waals surface area contributed by atoms with Crippen molar-refractivity contribution in [3.8, 4) is 5.75 Å². The molecule has 3 aromatic rings. The average Bonchev–Trinajstić information content (AvgIpc) is 3.09. The number of rotatable bonds is 7. The quantitative estimate of drug-likeness (QED) is 0.343. The molecule has 9 nitrogen and oxygen atoms in total. The van der Waals surface area contributed by atoms with Gasteiger partial charge in [0.2, 0.25) is 0 Å². The lowest BCUT2D eigenvalue weighted by Gasteiger charge is -2.20. The summed E-state index contributed by atoms with van der Waals surface area (Å²) in [6, 6.07) is 11.9. The number of hydrogen-bond donors (Lipinski definition) is 5. The van der Waals surface area contributed by atoms with Crippen LogP contribution in [-0.2, 0) is 11.2 Å². The SMILES string of the molecule is COc1ccc2c(c1)c(CC(=O)O)c(C)n2C(=O)c1ccc(Cl)cc1.NC(CO)(CO)CO. The van der Waals surface area contributed by atoms with Crippen molar-refractivity contribution < 1.29 is 34.8 Å². The lowest BCUT2D eigenvalue weighted by molar-refractivity contribution is -0.136. The van der Waals surface area contributed by atoms with Crippen LogP contribution in [0.25, 0.3) is 10.9 Å². The van der Waals surface area contributed by atoms with E-state index in [4.69, 9.17) is 37.4 Å². The van der Waals surface area contributed by atoms with Gasteiger partial charge in [0, 0.05) is 21.7 Å². The smallest absolute Gasteiger partial charge is 0.307 e. The molecule has 0 aliphatic rings. The van der Waals surface area contributed by atoms with Crippen molar-refractivity contribution in [2.75, 3.05) is 26.9 Å². The van der Waals surface area contributed by atoms with Gasteiger partial charge in [-0.15, -0.1) is 0 Å².